The molecule has 188 valence electrons. The zero-order valence-corrected chi connectivity index (χ0v) is 21.1. The van der Waals surface area contributed by atoms with E-state index in [4.69, 9.17) is 4.74 Å². The highest BCUT2D eigenvalue weighted by Gasteiger charge is 2.38. The van der Waals surface area contributed by atoms with Crippen molar-refractivity contribution in [3.8, 4) is 17.6 Å². The average Bonchev–Trinajstić information content (AvgIpc) is 2.84. The van der Waals surface area contributed by atoms with Crippen LogP contribution < -0.4 is 4.74 Å². The number of fused-ring (bicyclic) bond motifs is 1. The number of sulfonamides is 1. The molecule has 0 aliphatic carbocycles. The van der Waals surface area contributed by atoms with Crippen LogP contribution in [0.3, 0.4) is 0 Å². The molecule has 4 atom stereocenters. The molecule has 0 fully saturated rings. The first kappa shape index (κ1) is 26.6. The van der Waals surface area contributed by atoms with E-state index in [0.717, 1.165) is 0 Å². The van der Waals surface area contributed by atoms with E-state index >= 15 is 0 Å². The van der Waals surface area contributed by atoms with Crippen molar-refractivity contribution in [2.45, 2.75) is 43.9 Å². The second kappa shape index (κ2) is 11.2. The molecule has 1 aromatic carbocycles. The van der Waals surface area contributed by atoms with Gasteiger partial charge in [-0.1, -0.05) is 18.8 Å². The third kappa shape index (κ3) is 6.18. The molecule has 3 rings (SSSR count). The number of ether oxygens (including phenoxy) is 1. The number of aliphatic hydroxyl groups excluding tert-OH is 2. The summed E-state index contributed by atoms with van der Waals surface area (Å²) in [7, 11) is -2.32. The van der Waals surface area contributed by atoms with E-state index in [0.29, 0.717) is 11.1 Å². The predicted molar refractivity (Wildman–Crippen MR) is 130 cm³/mol. The molecule has 2 heterocycles. The summed E-state index contributed by atoms with van der Waals surface area (Å²) in [4.78, 5) is 18.3. The Balaban J connectivity index is 2.02. The van der Waals surface area contributed by atoms with Gasteiger partial charge in [0.2, 0.25) is 10.0 Å². The molecule has 0 bridgehead atoms. The SMILES string of the molecule is C[C@H](O)C#Cc1ccc2c(c1)O[C@@H](CN(C)C(=O)c1ccncc1)[C@H](C)CN([C@@H](C)CO)S2(=O)=O. The van der Waals surface area contributed by atoms with Crippen LogP contribution in [0, 0.1) is 17.8 Å². The number of benzene rings is 1. The highest BCUT2D eigenvalue weighted by Crippen LogP contribution is 2.34. The number of amides is 1. The lowest BCUT2D eigenvalue weighted by molar-refractivity contribution is 0.0563. The van der Waals surface area contributed by atoms with Gasteiger partial charge >= 0.3 is 0 Å². The first-order valence-electron chi connectivity index (χ1n) is 11.3. The fourth-order valence-corrected chi connectivity index (χ4v) is 5.60. The number of pyridine rings is 1. The first-order chi connectivity index (χ1) is 16.5. The number of rotatable bonds is 5. The van der Waals surface area contributed by atoms with Gasteiger partial charge in [0.05, 0.1) is 13.2 Å². The van der Waals surface area contributed by atoms with Crippen LogP contribution in [-0.4, -0.2) is 83.7 Å². The summed E-state index contributed by atoms with van der Waals surface area (Å²) in [5, 5.41) is 19.2. The molecule has 0 saturated heterocycles. The predicted octanol–water partition coefficient (Wildman–Crippen LogP) is 1.35. The minimum atomic E-state index is -3.98. The number of hydrogen-bond donors (Lipinski definition) is 2. The van der Waals surface area contributed by atoms with Crippen LogP contribution >= 0.6 is 0 Å². The van der Waals surface area contributed by atoms with E-state index in [1.54, 1.807) is 44.6 Å². The second-order valence-corrected chi connectivity index (χ2v) is 10.6. The molecule has 0 radical (unpaired) electrons. The van der Waals surface area contributed by atoms with Gasteiger partial charge in [0, 0.05) is 49.1 Å². The van der Waals surface area contributed by atoms with Gasteiger partial charge in [-0.25, -0.2) is 8.42 Å². The summed E-state index contributed by atoms with van der Waals surface area (Å²) in [5.41, 5.74) is 0.963. The van der Waals surface area contributed by atoms with Gasteiger partial charge in [0.1, 0.15) is 22.9 Å². The maximum Gasteiger partial charge on any atom is 0.253 e. The van der Waals surface area contributed by atoms with Crippen molar-refractivity contribution >= 4 is 15.9 Å². The molecule has 0 unspecified atom stereocenters. The average molecular weight is 502 g/mol. The zero-order valence-electron chi connectivity index (χ0n) is 20.2. The minimum absolute atomic E-state index is 0.0413. The lowest BCUT2D eigenvalue weighted by Crippen LogP contribution is -2.50. The fourth-order valence-electron chi connectivity index (χ4n) is 3.78. The van der Waals surface area contributed by atoms with E-state index in [-0.39, 0.29) is 42.2 Å². The Kier molecular flexibility index (Phi) is 8.51. The Morgan fingerprint density at radius 3 is 2.60 bits per heavy atom. The van der Waals surface area contributed by atoms with Crippen LogP contribution in [0.5, 0.6) is 5.75 Å². The van der Waals surface area contributed by atoms with Gasteiger partial charge in [-0.15, -0.1) is 0 Å². The largest absolute Gasteiger partial charge is 0.487 e. The molecule has 0 spiro atoms. The summed E-state index contributed by atoms with van der Waals surface area (Å²) in [6, 6.07) is 7.10. The van der Waals surface area contributed by atoms with Crippen LogP contribution in [-0.2, 0) is 10.0 Å². The number of likely N-dealkylation sites (N-methyl/N-ethyl adjacent to an activating group) is 1. The van der Waals surface area contributed by atoms with Crippen LogP contribution in [0.25, 0.3) is 0 Å². The fraction of sp³-hybridized carbons (Fsp3) is 0.440. The number of aromatic nitrogens is 1. The molecule has 2 aromatic rings. The third-order valence-corrected chi connectivity index (χ3v) is 7.84. The number of hydrogen-bond acceptors (Lipinski definition) is 7. The van der Waals surface area contributed by atoms with E-state index in [9.17, 15) is 23.4 Å². The standard InChI is InChI=1S/C25H31N3O6S/c1-17-14-28(18(2)16-29)35(32,33)24-8-7-20(6-5-19(3)30)13-22(24)34-23(17)15-27(4)25(31)21-9-11-26-12-10-21/h7-13,17-19,23,29-30H,14-16H2,1-4H3/t17-,18+,19+,23+/m1/s1. The third-order valence-electron chi connectivity index (χ3n) is 5.82. The Morgan fingerprint density at radius 1 is 1.29 bits per heavy atom. The van der Waals surface area contributed by atoms with Gasteiger partial charge in [-0.05, 0) is 44.2 Å². The summed E-state index contributed by atoms with van der Waals surface area (Å²) in [5.74, 6) is 5.03. The van der Waals surface area contributed by atoms with Crippen LogP contribution in [0.4, 0.5) is 0 Å². The molecule has 1 aromatic heterocycles. The number of nitrogens with zero attached hydrogens (tertiary/aromatic N) is 3. The lowest BCUT2D eigenvalue weighted by Gasteiger charge is -2.37. The summed E-state index contributed by atoms with van der Waals surface area (Å²) < 4.78 is 34.5. The summed E-state index contributed by atoms with van der Waals surface area (Å²) in [6.45, 7) is 4.99. The molecule has 1 aliphatic rings. The Labute approximate surface area is 206 Å². The first-order valence-corrected chi connectivity index (χ1v) is 12.8. The highest BCUT2D eigenvalue weighted by molar-refractivity contribution is 7.89. The second-order valence-electron chi connectivity index (χ2n) is 8.77. The van der Waals surface area contributed by atoms with E-state index in [1.807, 2.05) is 6.92 Å². The molecule has 0 saturated carbocycles. The topological polar surface area (TPSA) is 120 Å². The summed E-state index contributed by atoms with van der Waals surface area (Å²) >= 11 is 0. The van der Waals surface area contributed by atoms with Crippen molar-refractivity contribution in [3.05, 3.63) is 53.9 Å². The maximum absolute atomic E-state index is 13.5. The van der Waals surface area contributed by atoms with Crippen molar-refractivity contribution in [2.75, 3.05) is 26.7 Å². The Bertz CT molecular complexity index is 1210. The van der Waals surface area contributed by atoms with E-state index < -0.39 is 28.3 Å². The molecular formula is C25H31N3O6S. The molecule has 10 heteroatoms. The quantitative estimate of drug-likeness (QED) is 0.594. The molecule has 35 heavy (non-hydrogen) atoms. The monoisotopic (exact) mass is 501 g/mol. The van der Waals surface area contributed by atoms with E-state index in [2.05, 4.69) is 16.8 Å². The van der Waals surface area contributed by atoms with Gasteiger partial charge in [-0.3, -0.25) is 9.78 Å². The number of carbonyl (C=O) groups is 1. The highest BCUT2D eigenvalue weighted by atomic mass is 32.2. The van der Waals surface area contributed by atoms with Gasteiger partial charge < -0.3 is 19.8 Å². The van der Waals surface area contributed by atoms with Crippen LogP contribution in [0.2, 0.25) is 0 Å². The Morgan fingerprint density at radius 2 is 1.97 bits per heavy atom. The summed E-state index contributed by atoms with van der Waals surface area (Å²) in [6.07, 6.45) is 1.69. The maximum atomic E-state index is 13.5. The van der Waals surface area contributed by atoms with Crippen molar-refractivity contribution in [3.63, 3.8) is 0 Å². The van der Waals surface area contributed by atoms with Crippen molar-refractivity contribution < 1.29 is 28.2 Å². The van der Waals surface area contributed by atoms with Gasteiger partial charge in [0.25, 0.3) is 5.91 Å². The molecule has 2 N–H and O–H groups in total. The molecule has 1 aliphatic heterocycles. The Hall–Kier alpha value is -2.97. The lowest BCUT2D eigenvalue weighted by atomic mass is 10.0. The normalized spacial score (nSPS) is 21.2. The van der Waals surface area contributed by atoms with Gasteiger partial charge in [0.15, 0.2) is 0 Å². The molecule has 1 amide bonds. The minimum Gasteiger partial charge on any atom is -0.487 e. The molecule has 9 nitrogen and oxygen atoms in total. The van der Waals surface area contributed by atoms with Crippen molar-refractivity contribution in [1.82, 2.24) is 14.2 Å². The smallest absolute Gasteiger partial charge is 0.253 e. The zero-order chi connectivity index (χ0) is 25.8. The number of aliphatic hydroxyl groups is 2. The van der Waals surface area contributed by atoms with Crippen LogP contribution in [0.1, 0.15) is 36.7 Å². The van der Waals surface area contributed by atoms with Gasteiger partial charge in [-0.2, -0.15) is 4.31 Å². The van der Waals surface area contributed by atoms with Crippen molar-refractivity contribution in [2.24, 2.45) is 5.92 Å². The molecular weight excluding hydrogens is 470 g/mol. The van der Waals surface area contributed by atoms with Crippen LogP contribution in [0.15, 0.2) is 47.6 Å². The van der Waals surface area contributed by atoms with Crippen molar-refractivity contribution in [1.29, 1.82) is 0 Å². The number of carbonyl (C=O) groups excluding carboxylic acids is 1. The van der Waals surface area contributed by atoms with E-state index in [1.165, 1.54) is 28.3 Å².